The molecule has 2 aromatic rings. The van der Waals surface area contributed by atoms with Crippen LogP contribution < -0.4 is 10.6 Å². The molecule has 0 aromatic heterocycles. The minimum atomic E-state index is -1.06. The fraction of sp³-hybridized carbons (Fsp3) is 0.346. The molecule has 0 saturated heterocycles. The van der Waals surface area contributed by atoms with E-state index in [-0.39, 0.29) is 30.4 Å². The van der Waals surface area contributed by atoms with E-state index in [1.54, 1.807) is 26.0 Å². The summed E-state index contributed by atoms with van der Waals surface area (Å²) in [7, 11) is 0. The van der Waals surface area contributed by atoms with Gasteiger partial charge in [0.15, 0.2) is 0 Å². The Bertz CT molecular complexity index is 1050. The van der Waals surface area contributed by atoms with E-state index in [1.165, 1.54) is 0 Å². The van der Waals surface area contributed by atoms with E-state index in [2.05, 4.69) is 34.9 Å². The Kier molecular flexibility index (Phi) is 6.49. The largest absolute Gasteiger partial charge is 0.480 e. The molecular weight excluding hydrogens is 420 g/mol. The SMILES string of the molecule is CC(C)C(NC(=O)C1C=CC(NC(=O)OCC2c3ccccc3-c3ccccc32)C1)C(=O)O. The second-order valence-corrected chi connectivity index (χ2v) is 8.87. The van der Waals surface area contributed by atoms with Gasteiger partial charge in [-0.15, -0.1) is 0 Å². The van der Waals surface area contributed by atoms with Crippen molar-refractivity contribution in [2.75, 3.05) is 6.61 Å². The van der Waals surface area contributed by atoms with E-state index >= 15 is 0 Å². The van der Waals surface area contributed by atoms with E-state index in [9.17, 15) is 19.5 Å². The van der Waals surface area contributed by atoms with Gasteiger partial charge >= 0.3 is 12.1 Å². The van der Waals surface area contributed by atoms with Crippen LogP contribution in [0.5, 0.6) is 0 Å². The van der Waals surface area contributed by atoms with Crippen LogP contribution in [0, 0.1) is 11.8 Å². The molecule has 3 atom stereocenters. The van der Waals surface area contributed by atoms with Gasteiger partial charge in [-0.05, 0) is 34.6 Å². The molecule has 0 heterocycles. The van der Waals surface area contributed by atoms with Gasteiger partial charge in [0.1, 0.15) is 12.6 Å². The lowest BCUT2D eigenvalue weighted by atomic mass is 9.98. The summed E-state index contributed by atoms with van der Waals surface area (Å²) in [6, 6.07) is 15.0. The van der Waals surface area contributed by atoms with Crippen molar-refractivity contribution in [3.8, 4) is 11.1 Å². The lowest BCUT2D eigenvalue weighted by Gasteiger charge is -2.20. The summed E-state index contributed by atoms with van der Waals surface area (Å²) in [6.45, 7) is 3.70. The smallest absolute Gasteiger partial charge is 0.407 e. The van der Waals surface area contributed by atoms with Gasteiger partial charge in [-0.3, -0.25) is 4.79 Å². The lowest BCUT2D eigenvalue weighted by Crippen LogP contribution is -2.46. The van der Waals surface area contributed by atoms with Crippen molar-refractivity contribution in [3.05, 3.63) is 71.8 Å². The van der Waals surface area contributed by atoms with Gasteiger partial charge in [0.05, 0.1) is 12.0 Å². The molecule has 0 fully saturated rings. The van der Waals surface area contributed by atoms with Crippen LogP contribution in [0.3, 0.4) is 0 Å². The van der Waals surface area contributed by atoms with E-state index in [1.807, 2.05) is 24.3 Å². The first-order valence-electron chi connectivity index (χ1n) is 11.2. The van der Waals surface area contributed by atoms with Gasteiger partial charge in [-0.1, -0.05) is 74.5 Å². The Morgan fingerprint density at radius 3 is 2.18 bits per heavy atom. The van der Waals surface area contributed by atoms with Crippen LogP contribution in [-0.2, 0) is 14.3 Å². The number of fused-ring (bicyclic) bond motifs is 3. The van der Waals surface area contributed by atoms with Crippen LogP contribution in [0.4, 0.5) is 4.79 Å². The van der Waals surface area contributed by atoms with E-state index < -0.39 is 24.0 Å². The molecule has 33 heavy (non-hydrogen) atoms. The maximum Gasteiger partial charge on any atom is 0.407 e. The number of rotatable bonds is 7. The van der Waals surface area contributed by atoms with Gasteiger partial charge in [0.2, 0.25) is 5.91 Å². The summed E-state index contributed by atoms with van der Waals surface area (Å²) in [4.78, 5) is 36.3. The number of nitrogens with one attached hydrogen (secondary N) is 2. The van der Waals surface area contributed by atoms with Crippen molar-refractivity contribution in [1.82, 2.24) is 10.6 Å². The van der Waals surface area contributed by atoms with Crippen LogP contribution >= 0.6 is 0 Å². The summed E-state index contributed by atoms with van der Waals surface area (Å²) in [5, 5.41) is 14.6. The van der Waals surface area contributed by atoms with Crippen LogP contribution in [0.1, 0.15) is 37.3 Å². The molecule has 0 spiro atoms. The van der Waals surface area contributed by atoms with E-state index in [0.717, 1.165) is 22.3 Å². The Morgan fingerprint density at radius 2 is 1.61 bits per heavy atom. The minimum Gasteiger partial charge on any atom is -0.480 e. The summed E-state index contributed by atoms with van der Waals surface area (Å²) < 4.78 is 5.56. The highest BCUT2D eigenvalue weighted by Crippen LogP contribution is 2.44. The third-order valence-electron chi connectivity index (χ3n) is 6.30. The van der Waals surface area contributed by atoms with Crippen molar-refractivity contribution >= 4 is 18.0 Å². The summed E-state index contributed by atoms with van der Waals surface area (Å²) in [5.74, 6) is -2.17. The maximum absolute atomic E-state index is 12.5. The second-order valence-electron chi connectivity index (χ2n) is 8.87. The number of carboxylic acid groups (broad SMARTS) is 1. The number of carbonyl (C=O) groups excluding carboxylic acids is 2. The van der Waals surface area contributed by atoms with Crippen LogP contribution in [0.25, 0.3) is 11.1 Å². The average Bonchev–Trinajstić information content (AvgIpc) is 3.38. The fourth-order valence-corrected chi connectivity index (χ4v) is 4.57. The number of carboxylic acids is 1. The number of amides is 2. The average molecular weight is 449 g/mol. The second kappa shape index (κ2) is 9.48. The molecule has 2 aliphatic rings. The summed E-state index contributed by atoms with van der Waals surface area (Å²) in [6.07, 6.45) is 3.26. The minimum absolute atomic E-state index is 0.0234. The van der Waals surface area contributed by atoms with Crippen molar-refractivity contribution < 1.29 is 24.2 Å². The quantitative estimate of drug-likeness (QED) is 0.561. The maximum atomic E-state index is 12.5. The van der Waals surface area contributed by atoms with Crippen molar-refractivity contribution in [3.63, 3.8) is 0 Å². The molecule has 7 heteroatoms. The first-order valence-corrected chi connectivity index (χ1v) is 11.2. The first kappa shape index (κ1) is 22.6. The highest BCUT2D eigenvalue weighted by Gasteiger charge is 2.32. The van der Waals surface area contributed by atoms with Crippen LogP contribution in [0.2, 0.25) is 0 Å². The first-order chi connectivity index (χ1) is 15.8. The molecule has 0 aliphatic heterocycles. The van der Waals surface area contributed by atoms with Crippen molar-refractivity contribution in [2.45, 2.75) is 38.3 Å². The molecule has 0 bridgehead atoms. The molecule has 7 nitrogen and oxygen atoms in total. The van der Waals surface area contributed by atoms with Gasteiger partial charge in [0.25, 0.3) is 0 Å². The molecule has 2 amide bonds. The van der Waals surface area contributed by atoms with Crippen molar-refractivity contribution in [2.24, 2.45) is 11.8 Å². The Morgan fingerprint density at radius 1 is 1.00 bits per heavy atom. The fourth-order valence-electron chi connectivity index (χ4n) is 4.57. The zero-order chi connectivity index (χ0) is 23.5. The molecule has 0 radical (unpaired) electrons. The van der Waals surface area contributed by atoms with Gasteiger partial charge in [-0.25, -0.2) is 9.59 Å². The molecule has 2 aliphatic carbocycles. The third kappa shape index (κ3) is 4.77. The summed E-state index contributed by atoms with van der Waals surface area (Å²) in [5.41, 5.74) is 4.61. The lowest BCUT2D eigenvalue weighted by molar-refractivity contribution is -0.143. The third-order valence-corrected chi connectivity index (χ3v) is 6.30. The molecule has 3 unspecified atom stereocenters. The number of hydrogen-bond acceptors (Lipinski definition) is 4. The Hall–Kier alpha value is -3.61. The zero-order valence-electron chi connectivity index (χ0n) is 18.7. The van der Waals surface area contributed by atoms with Gasteiger partial charge in [0, 0.05) is 5.92 Å². The highest BCUT2D eigenvalue weighted by atomic mass is 16.5. The molecule has 4 rings (SSSR count). The number of ether oxygens (including phenoxy) is 1. The normalized spacial score (nSPS) is 19.6. The Balaban J connectivity index is 1.31. The summed E-state index contributed by atoms with van der Waals surface area (Å²) >= 11 is 0. The number of carbonyl (C=O) groups is 3. The van der Waals surface area contributed by atoms with Crippen molar-refractivity contribution in [1.29, 1.82) is 0 Å². The zero-order valence-corrected chi connectivity index (χ0v) is 18.7. The molecular formula is C26H28N2O5. The van der Waals surface area contributed by atoms with Crippen LogP contribution in [0.15, 0.2) is 60.7 Å². The molecule has 172 valence electrons. The number of alkyl carbamates (subject to hydrolysis) is 1. The van der Waals surface area contributed by atoms with E-state index in [0.29, 0.717) is 6.42 Å². The van der Waals surface area contributed by atoms with Gasteiger partial charge < -0.3 is 20.5 Å². The number of aliphatic carboxylic acids is 1. The van der Waals surface area contributed by atoms with Crippen LogP contribution in [-0.4, -0.2) is 41.8 Å². The molecule has 3 N–H and O–H groups in total. The van der Waals surface area contributed by atoms with E-state index in [4.69, 9.17) is 4.74 Å². The predicted octanol–water partition coefficient (Wildman–Crippen LogP) is 3.70. The van der Waals surface area contributed by atoms with Gasteiger partial charge in [-0.2, -0.15) is 0 Å². The monoisotopic (exact) mass is 448 g/mol. The molecule has 0 saturated carbocycles. The molecule has 2 aromatic carbocycles. The number of benzene rings is 2. The Labute approximate surface area is 192 Å². The predicted molar refractivity (Wildman–Crippen MR) is 124 cm³/mol. The number of hydrogen-bond donors (Lipinski definition) is 3. The highest BCUT2D eigenvalue weighted by molar-refractivity contribution is 5.86. The standard InChI is InChI=1S/C26H28N2O5/c1-15(2)23(25(30)31)28-24(29)16-11-12-17(13-16)27-26(32)33-14-22-20-9-5-3-7-18(20)19-8-4-6-10-21(19)22/h3-12,15-17,22-23H,13-14H2,1-2H3,(H,27,32)(H,28,29)(H,30,31). The topological polar surface area (TPSA) is 105 Å².